The van der Waals surface area contributed by atoms with E-state index in [0.717, 1.165) is 18.0 Å². The number of rotatable bonds is 5. The zero-order chi connectivity index (χ0) is 13.0. The molecule has 0 aromatic carbocycles. The van der Waals surface area contributed by atoms with Crippen LogP contribution in [0.25, 0.3) is 0 Å². The Hall–Kier alpha value is -1.30. The van der Waals surface area contributed by atoms with Gasteiger partial charge in [0.15, 0.2) is 5.82 Å². The first kappa shape index (κ1) is 13.8. The molecule has 6 heteroatoms. The molecule has 5 nitrogen and oxygen atoms in total. The van der Waals surface area contributed by atoms with Crippen LogP contribution < -0.4 is 10.6 Å². The molecular formula is C11H19N3O2S. The van der Waals surface area contributed by atoms with Crippen molar-refractivity contribution in [3.63, 3.8) is 0 Å². The van der Waals surface area contributed by atoms with Crippen molar-refractivity contribution in [2.45, 2.75) is 20.3 Å². The highest BCUT2D eigenvalue weighted by atomic mass is 32.1. The Bertz CT molecular complexity index is 390. The fourth-order valence-electron chi connectivity index (χ4n) is 1.40. The van der Waals surface area contributed by atoms with Gasteiger partial charge in [0.2, 0.25) is 0 Å². The molecular weight excluding hydrogens is 238 g/mol. The largest absolute Gasteiger partial charge is 0.465 e. The van der Waals surface area contributed by atoms with E-state index in [2.05, 4.69) is 18.2 Å². The summed E-state index contributed by atoms with van der Waals surface area (Å²) in [4.78, 5) is 13.6. The van der Waals surface area contributed by atoms with Crippen LogP contribution in [0.2, 0.25) is 0 Å². The molecule has 0 saturated carbocycles. The van der Waals surface area contributed by atoms with Crippen LogP contribution in [-0.2, 0) is 4.74 Å². The smallest absolute Gasteiger partial charge is 0.344 e. The third-order valence-electron chi connectivity index (χ3n) is 2.48. The molecule has 0 bridgehead atoms. The maximum atomic E-state index is 11.6. The number of hydrogen-bond donors (Lipinski definition) is 1. The average molecular weight is 257 g/mol. The van der Waals surface area contributed by atoms with E-state index in [9.17, 15) is 4.79 Å². The number of carbonyl (C=O) groups is 1. The zero-order valence-electron chi connectivity index (χ0n) is 10.7. The SMILES string of the molecule is COC(=O)c1c(N)nsc1N(C)CCC(C)C. The molecule has 0 atom stereocenters. The summed E-state index contributed by atoms with van der Waals surface area (Å²) < 4.78 is 8.72. The van der Waals surface area contributed by atoms with Gasteiger partial charge in [-0.15, -0.1) is 0 Å². The molecule has 0 amide bonds. The Labute approximate surface area is 106 Å². The van der Waals surface area contributed by atoms with Gasteiger partial charge in [-0.05, 0) is 23.9 Å². The molecule has 0 aliphatic heterocycles. The average Bonchev–Trinajstić information content (AvgIpc) is 2.67. The highest BCUT2D eigenvalue weighted by Crippen LogP contribution is 2.30. The fourth-order valence-corrected chi connectivity index (χ4v) is 2.19. The lowest BCUT2D eigenvalue weighted by Crippen LogP contribution is -2.21. The van der Waals surface area contributed by atoms with Crippen molar-refractivity contribution in [3.05, 3.63) is 5.56 Å². The topological polar surface area (TPSA) is 68.5 Å². The van der Waals surface area contributed by atoms with Crippen molar-refractivity contribution in [2.24, 2.45) is 5.92 Å². The first-order valence-corrected chi connectivity index (χ1v) is 6.29. The van der Waals surface area contributed by atoms with Gasteiger partial charge in [-0.3, -0.25) is 0 Å². The molecule has 2 N–H and O–H groups in total. The summed E-state index contributed by atoms with van der Waals surface area (Å²) in [5.41, 5.74) is 6.06. The van der Waals surface area contributed by atoms with Crippen molar-refractivity contribution in [2.75, 3.05) is 31.3 Å². The lowest BCUT2D eigenvalue weighted by Gasteiger charge is -2.19. The van der Waals surface area contributed by atoms with Crippen molar-refractivity contribution in [3.8, 4) is 0 Å². The molecule has 1 rings (SSSR count). The highest BCUT2D eigenvalue weighted by molar-refractivity contribution is 7.11. The third kappa shape index (κ3) is 3.33. The number of nitrogens with two attached hydrogens (primary N) is 1. The zero-order valence-corrected chi connectivity index (χ0v) is 11.5. The number of aromatic nitrogens is 1. The molecule has 0 fully saturated rings. The van der Waals surface area contributed by atoms with Gasteiger partial charge < -0.3 is 15.4 Å². The standard InChI is InChI=1S/C11H19N3O2S/c1-7(2)5-6-14(3)10-8(11(15)16-4)9(12)13-17-10/h7H,5-6H2,1-4H3,(H2,12,13). The maximum Gasteiger partial charge on any atom is 0.344 e. The first-order valence-electron chi connectivity index (χ1n) is 5.52. The third-order valence-corrected chi connectivity index (χ3v) is 3.46. The minimum absolute atomic E-state index is 0.244. The fraction of sp³-hybridized carbons (Fsp3) is 0.636. The predicted octanol–water partition coefficient (Wildman–Crippen LogP) is 1.99. The Morgan fingerprint density at radius 3 is 2.76 bits per heavy atom. The Morgan fingerprint density at radius 2 is 2.24 bits per heavy atom. The Kier molecular flexibility index (Phi) is 4.74. The van der Waals surface area contributed by atoms with Gasteiger partial charge >= 0.3 is 5.97 Å². The second-order valence-electron chi connectivity index (χ2n) is 4.34. The van der Waals surface area contributed by atoms with Crippen LogP contribution in [0.4, 0.5) is 10.8 Å². The van der Waals surface area contributed by atoms with Gasteiger partial charge in [0.05, 0.1) is 7.11 Å². The number of hydrogen-bond acceptors (Lipinski definition) is 6. The molecule has 0 saturated heterocycles. The van der Waals surface area contributed by atoms with Crippen LogP contribution in [-0.4, -0.2) is 31.0 Å². The van der Waals surface area contributed by atoms with E-state index in [4.69, 9.17) is 10.5 Å². The van der Waals surface area contributed by atoms with E-state index in [1.807, 2.05) is 11.9 Å². The lowest BCUT2D eigenvalue weighted by atomic mass is 10.1. The van der Waals surface area contributed by atoms with Gasteiger partial charge in [0.25, 0.3) is 0 Å². The van der Waals surface area contributed by atoms with E-state index >= 15 is 0 Å². The van der Waals surface area contributed by atoms with Gasteiger partial charge in [0.1, 0.15) is 10.6 Å². The molecule has 0 radical (unpaired) electrons. The number of nitrogens with zero attached hydrogens (tertiary/aromatic N) is 2. The summed E-state index contributed by atoms with van der Waals surface area (Å²) >= 11 is 1.23. The van der Waals surface area contributed by atoms with Crippen molar-refractivity contribution >= 4 is 28.3 Å². The molecule has 0 aliphatic carbocycles. The van der Waals surface area contributed by atoms with E-state index in [0.29, 0.717) is 11.5 Å². The number of anilines is 2. The highest BCUT2D eigenvalue weighted by Gasteiger charge is 2.22. The maximum absolute atomic E-state index is 11.6. The van der Waals surface area contributed by atoms with Crippen molar-refractivity contribution in [1.29, 1.82) is 0 Å². The van der Waals surface area contributed by atoms with E-state index in [-0.39, 0.29) is 5.82 Å². The monoisotopic (exact) mass is 257 g/mol. The Morgan fingerprint density at radius 1 is 1.59 bits per heavy atom. The van der Waals surface area contributed by atoms with Crippen LogP contribution in [0, 0.1) is 5.92 Å². The molecule has 1 aromatic rings. The number of methoxy groups -OCH3 is 1. The second kappa shape index (κ2) is 5.86. The van der Waals surface area contributed by atoms with Gasteiger partial charge in [-0.1, -0.05) is 13.8 Å². The minimum Gasteiger partial charge on any atom is -0.465 e. The summed E-state index contributed by atoms with van der Waals surface area (Å²) in [6, 6.07) is 0. The van der Waals surface area contributed by atoms with Crippen LogP contribution >= 0.6 is 11.5 Å². The minimum atomic E-state index is -0.428. The second-order valence-corrected chi connectivity index (χ2v) is 5.10. The molecule has 1 aromatic heterocycles. The van der Waals surface area contributed by atoms with Gasteiger partial charge in [-0.25, -0.2) is 4.79 Å². The number of esters is 1. The number of carbonyl (C=O) groups excluding carboxylic acids is 1. The van der Waals surface area contributed by atoms with E-state index < -0.39 is 5.97 Å². The molecule has 0 unspecified atom stereocenters. The Balaban J connectivity index is 2.86. The van der Waals surface area contributed by atoms with Gasteiger partial charge in [0, 0.05) is 13.6 Å². The normalized spacial score (nSPS) is 10.6. The molecule has 0 aliphatic rings. The van der Waals surface area contributed by atoms with E-state index in [1.165, 1.54) is 18.6 Å². The first-order chi connectivity index (χ1) is 7.97. The van der Waals surface area contributed by atoms with E-state index in [1.54, 1.807) is 0 Å². The quantitative estimate of drug-likeness (QED) is 0.817. The summed E-state index contributed by atoms with van der Waals surface area (Å²) in [5.74, 6) is 0.431. The molecule has 0 spiro atoms. The number of ether oxygens (including phenoxy) is 1. The summed E-state index contributed by atoms with van der Waals surface area (Å²) in [6.07, 6.45) is 1.05. The summed E-state index contributed by atoms with van der Waals surface area (Å²) in [5, 5.41) is 0.773. The summed E-state index contributed by atoms with van der Waals surface area (Å²) in [7, 11) is 3.28. The van der Waals surface area contributed by atoms with Crippen LogP contribution in [0.3, 0.4) is 0 Å². The number of nitrogen functional groups attached to an aromatic ring is 1. The van der Waals surface area contributed by atoms with Crippen LogP contribution in [0.5, 0.6) is 0 Å². The molecule has 1 heterocycles. The predicted molar refractivity (Wildman–Crippen MR) is 70.6 cm³/mol. The van der Waals surface area contributed by atoms with Crippen molar-refractivity contribution in [1.82, 2.24) is 4.37 Å². The summed E-state index contributed by atoms with van der Waals surface area (Å²) in [6.45, 7) is 5.19. The molecule has 96 valence electrons. The lowest BCUT2D eigenvalue weighted by molar-refractivity contribution is 0.0603. The molecule has 17 heavy (non-hydrogen) atoms. The van der Waals surface area contributed by atoms with Crippen LogP contribution in [0.1, 0.15) is 30.6 Å². The van der Waals surface area contributed by atoms with Crippen LogP contribution in [0.15, 0.2) is 0 Å². The van der Waals surface area contributed by atoms with Gasteiger partial charge in [-0.2, -0.15) is 4.37 Å². The van der Waals surface area contributed by atoms with Crippen molar-refractivity contribution < 1.29 is 9.53 Å².